The molecule has 1 saturated carbocycles. The molecule has 0 amide bonds. The van der Waals surface area contributed by atoms with Gasteiger partial charge in [-0.05, 0) is 51.6 Å². The summed E-state index contributed by atoms with van der Waals surface area (Å²) in [6, 6.07) is 3.21. The first kappa shape index (κ1) is 16.6. The second kappa shape index (κ2) is 6.77. The molecule has 1 aromatic rings. The quantitative estimate of drug-likeness (QED) is 0.920. The summed E-state index contributed by atoms with van der Waals surface area (Å²) in [5.41, 5.74) is 0.569. The molecular formula is C19H31N3O2. The molecule has 3 aliphatic rings. The van der Waals surface area contributed by atoms with Gasteiger partial charge in [0.1, 0.15) is 0 Å². The Morgan fingerprint density at radius 2 is 2.12 bits per heavy atom. The van der Waals surface area contributed by atoms with Gasteiger partial charge < -0.3 is 9.84 Å². The predicted molar refractivity (Wildman–Crippen MR) is 92.7 cm³/mol. The van der Waals surface area contributed by atoms with Crippen molar-refractivity contribution in [3.8, 4) is 0 Å². The van der Waals surface area contributed by atoms with Crippen LogP contribution < -0.4 is 0 Å². The van der Waals surface area contributed by atoms with Gasteiger partial charge in [-0.25, -0.2) is 0 Å². The van der Waals surface area contributed by atoms with Gasteiger partial charge in [0.25, 0.3) is 0 Å². The number of likely N-dealkylation sites (tertiary alicyclic amines) is 1. The average molecular weight is 333 g/mol. The van der Waals surface area contributed by atoms with E-state index in [0.29, 0.717) is 25.3 Å². The Balaban J connectivity index is 1.43. The molecule has 1 N–H and O–H groups in total. The van der Waals surface area contributed by atoms with Gasteiger partial charge in [-0.15, -0.1) is 0 Å². The lowest BCUT2D eigenvalue weighted by atomic mass is 9.79. The van der Waals surface area contributed by atoms with Crippen LogP contribution in [0.15, 0.2) is 12.3 Å². The summed E-state index contributed by atoms with van der Waals surface area (Å²) >= 11 is 0. The van der Waals surface area contributed by atoms with Crippen LogP contribution in [0.25, 0.3) is 0 Å². The smallest absolute Gasteiger partial charge is 0.0765 e. The van der Waals surface area contributed by atoms with Crippen molar-refractivity contribution in [2.45, 2.75) is 76.1 Å². The maximum atomic E-state index is 10.8. The highest BCUT2D eigenvalue weighted by Gasteiger charge is 2.44. The lowest BCUT2D eigenvalue weighted by Gasteiger charge is -2.43. The van der Waals surface area contributed by atoms with Crippen molar-refractivity contribution in [2.75, 3.05) is 19.8 Å². The molecule has 0 aromatic carbocycles. The van der Waals surface area contributed by atoms with Crippen molar-refractivity contribution in [3.63, 3.8) is 0 Å². The number of nitrogens with zero attached hydrogens (tertiary/aromatic N) is 3. The molecule has 0 unspecified atom stereocenters. The zero-order chi connectivity index (χ0) is 16.6. The molecule has 3 atom stereocenters. The summed E-state index contributed by atoms with van der Waals surface area (Å²) in [6.45, 7) is 5.36. The van der Waals surface area contributed by atoms with Crippen LogP contribution in [0.1, 0.15) is 63.6 Å². The minimum absolute atomic E-state index is 0.214. The SMILES string of the molecule is C[C@]1(O)CCOC[C@H]1[C@@H]1CCCN1Cc1ccn(C2CCCC2)n1. The number of ether oxygens (including phenoxy) is 1. The summed E-state index contributed by atoms with van der Waals surface area (Å²) in [5, 5.41) is 15.7. The van der Waals surface area contributed by atoms with E-state index in [2.05, 4.69) is 21.8 Å². The summed E-state index contributed by atoms with van der Waals surface area (Å²) < 4.78 is 7.88. The van der Waals surface area contributed by atoms with Gasteiger partial charge in [-0.1, -0.05) is 12.8 Å². The number of rotatable bonds is 4. The first-order valence-corrected chi connectivity index (χ1v) is 9.72. The maximum Gasteiger partial charge on any atom is 0.0765 e. The van der Waals surface area contributed by atoms with Gasteiger partial charge >= 0.3 is 0 Å². The van der Waals surface area contributed by atoms with Gasteiger partial charge in [0.15, 0.2) is 0 Å². The Morgan fingerprint density at radius 3 is 2.92 bits per heavy atom. The molecule has 5 nitrogen and oxygen atoms in total. The Bertz CT molecular complexity index is 551. The van der Waals surface area contributed by atoms with E-state index in [9.17, 15) is 5.11 Å². The molecule has 0 bridgehead atoms. The largest absolute Gasteiger partial charge is 0.390 e. The van der Waals surface area contributed by atoms with Crippen LogP contribution >= 0.6 is 0 Å². The minimum Gasteiger partial charge on any atom is -0.390 e. The van der Waals surface area contributed by atoms with Crippen molar-refractivity contribution in [2.24, 2.45) is 5.92 Å². The van der Waals surface area contributed by atoms with Crippen LogP contribution in [-0.2, 0) is 11.3 Å². The predicted octanol–water partition coefficient (Wildman–Crippen LogP) is 2.75. The van der Waals surface area contributed by atoms with Crippen LogP contribution in [0.2, 0.25) is 0 Å². The fraction of sp³-hybridized carbons (Fsp3) is 0.842. The molecule has 0 radical (unpaired) electrons. The van der Waals surface area contributed by atoms with Gasteiger partial charge in [0.2, 0.25) is 0 Å². The Morgan fingerprint density at radius 1 is 1.29 bits per heavy atom. The Hall–Kier alpha value is -0.910. The molecule has 24 heavy (non-hydrogen) atoms. The van der Waals surface area contributed by atoms with Gasteiger partial charge in [0.05, 0.1) is 23.9 Å². The lowest BCUT2D eigenvalue weighted by Crippen LogP contribution is -2.52. The van der Waals surface area contributed by atoms with Crippen LogP contribution in [0.3, 0.4) is 0 Å². The Kier molecular flexibility index (Phi) is 4.67. The van der Waals surface area contributed by atoms with Crippen molar-refractivity contribution >= 4 is 0 Å². The molecule has 1 aromatic heterocycles. The number of hydrogen-bond acceptors (Lipinski definition) is 4. The van der Waals surface area contributed by atoms with E-state index >= 15 is 0 Å². The van der Waals surface area contributed by atoms with Crippen LogP contribution in [0, 0.1) is 5.92 Å². The fourth-order valence-electron chi connectivity index (χ4n) is 4.93. The third-order valence-corrected chi connectivity index (χ3v) is 6.45. The number of hydrogen-bond donors (Lipinski definition) is 1. The van der Waals surface area contributed by atoms with E-state index in [4.69, 9.17) is 9.84 Å². The molecule has 4 rings (SSSR count). The highest BCUT2D eigenvalue weighted by Crippen LogP contribution is 2.36. The minimum atomic E-state index is -0.602. The van der Waals surface area contributed by atoms with E-state index < -0.39 is 5.60 Å². The van der Waals surface area contributed by atoms with Crippen molar-refractivity contribution in [1.29, 1.82) is 0 Å². The first-order chi connectivity index (χ1) is 11.6. The van der Waals surface area contributed by atoms with E-state index in [0.717, 1.165) is 25.9 Å². The van der Waals surface area contributed by atoms with Crippen molar-refractivity contribution in [3.05, 3.63) is 18.0 Å². The normalized spacial score (nSPS) is 35.8. The topological polar surface area (TPSA) is 50.5 Å². The molecule has 3 fully saturated rings. The second-order valence-corrected chi connectivity index (χ2v) is 8.19. The third-order valence-electron chi connectivity index (χ3n) is 6.45. The highest BCUT2D eigenvalue weighted by atomic mass is 16.5. The fourth-order valence-corrected chi connectivity index (χ4v) is 4.93. The van der Waals surface area contributed by atoms with Crippen molar-refractivity contribution < 1.29 is 9.84 Å². The maximum absolute atomic E-state index is 10.8. The molecule has 5 heteroatoms. The van der Waals surface area contributed by atoms with Gasteiger partial charge in [-0.2, -0.15) is 5.10 Å². The van der Waals surface area contributed by atoms with Gasteiger partial charge in [0, 0.05) is 31.3 Å². The van der Waals surface area contributed by atoms with E-state index in [1.165, 1.54) is 37.8 Å². The molecule has 3 heterocycles. The molecule has 1 aliphatic carbocycles. The number of aromatic nitrogens is 2. The van der Waals surface area contributed by atoms with E-state index in [1.807, 2.05) is 6.92 Å². The van der Waals surface area contributed by atoms with Crippen LogP contribution in [0.5, 0.6) is 0 Å². The van der Waals surface area contributed by atoms with Crippen LogP contribution in [0.4, 0.5) is 0 Å². The highest BCUT2D eigenvalue weighted by molar-refractivity contribution is 5.03. The average Bonchev–Trinajstić information content (AvgIpc) is 3.28. The summed E-state index contributed by atoms with van der Waals surface area (Å²) in [6.07, 6.45) is 10.5. The van der Waals surface area contributed by atoms with Crippen molar-refractivity contribution in [1.82, 2.24) is 14.7 Å². The zero-order valence-corrected chi connectivity index (χ0v) is 14.9. The summed E-state index contributed by atoms with van der Waals surface area (Å²) in [4.78, 5) is 2.52. The molecule has 2 saturated heterocycles. The second-order valence-electron chi connectivity index (χ2n) is 8.19. The zero-order valence-electron chi connectivity index (χ0n) is 14.9. The van der Waals surface area contributed by atoms with E-state index in [-0.39, 0.29) is 5.92 Å². The molecular weight excluding hydrogens is 302 g/mol. The first-order valence-electron chi connectivity index (χ1n) is 9.72. The standard InChI is InChI=1S/C19H31N3O2/c1-19(23)9-12-24-14-17(19)18-7-4-10-21(18)13-15-8-11-22(20-15)16-5-2-3-6-16/h8,11,16-18,23H,2-7,9-10,12-14H2,1H3/t17-,18-,19-/m0/s1. The summed E-state index contributed by atoms with van der Waals surface area (Å²) in [5.74, 6) is 0.214. The monoisotopic (exact) mass is 333 g/mol. The van der Waals surface area contributed by atoms with Gasteiger partial charge in [-0.3, -0.25) is 9.58 Å². The Labute approximate surface area is 145 Å². The number of aliphatic hydroxyl groups is 1. The lowest BCUT2D eigenvalue weighted by molar-refractivity contribution is -0.123. The molecule has 0 spiro atoms. The summed E-state index contributed by atoms with van der Waals surface area (Å²) in [7, 11) is 0. The molecule has 2 aliphatic heterocycles. The van der Waals surface area contributed by atoms with E-state index in [1.54, 1.807) is 0 Å². The molecule has 134 valence electrons. The third kappa shape index (κ3) is 3.26. The van der Waals surface area contributed by atoms with Crippen LogP contribution in [-0.4, -0.2) is 51.2 Å².